The summed E-state index contributed by atoms with van der Waals surface area (Å²) in [6.45, 7) is 14.0. The van der Waals surface area contributed by atoms with E-state index < -0.39 is 0 Å². The van der Waals surface area contributed by atoms with Crippen molar-refractivity contribution in [3.8, 4) is 0 Å². The number of aryl methyl sites for hydroxylation is 1. The van der Waals surface area contributed by atoms with Crippen LogP contribution in [0.25, 0.3) is 0 Å². The zero-order valence-electron chi connectivity index (χ0n) is 13.4. The van der Waals surface area contributed by atoms with E-state index in [2.05, 4.69) is 51.0 Å². The van der Waals surface area contributed by atoms with Crippen LogP contribution in [0, 0.1) is 12.3 Å². The third-order valence-electron chi connectivity index (χ3n) is 3.66. The van der Waals surface area contributed by atoms with E-state index in [1.54, 1.807) is 0 Å². The topological polar surface area (TPSA) is 28.4 Å². The Morgan fingerprint density at radius 2 is 2.05 bits per heavy atom. The van der Waals surface area contributed by atoms with E-state index in [-0.39, 0.29) is 0 Å². The summed E-state index contributed by atoms with van der Waals surface area (Å²) < 4.78 is 5.64. The number of hydrogen-bond acceptors (Lipinski definition) is 3. The molecule has 1 rings (SSSR count). The second-order valence-corrected chi connectivity index (χ2v) is 6.38. The van der Waals surface area contributed by atoms with E-state index in [1.807, 2.05) is 13.0 Å². The molecule has 1 atom stereocenters. The van der Waals surface area contributed by atoms with Crippen molar-refractivity contribution >= 4 is 0 Å². The number of hydrogen-bond donors (Lipinski definition) is 1. The highest BCUT2D eigenvalue weighted by atomic mass is 16.3. The molecule has 0 amide bonds. The Morgan fingerprint density at radius 3 is 2.53 bits per heavy atom. The van der Waals surface area contributed by atoms with Crippen LogP contribution in [-0.2, 0) is 6.54 Å². The normalized spacial score (nSPS) is 15.2. The van der Waals surface area contributed by atoms with Gasteiger partial charge in [-0.1, -0.05) is 27.7 Å². The van der Waals surface area contributed by atoms with E-state index in [9.17, 15) is 0 Å². The van der Waals surface area contributed by atoms with Crippen molar-refractivity contribution in [2.24, 2.45) is 5.41 Å². The third-order valence-corrected chi connectivity index (χ3v) is 3.66. The molecular formula is C16H30N2O. The Labute approximate surface area is 118 Å². The van der Waals surface area contributed by atoms with Crippen molar-refractivity contribution in [2.75, 3.05) is 20.1 Å². The molecule has 3 heteroatoms. The smallest absolute Gasteiger partial charge is 0.118 e. The van der Waals surface area contributed by atoms with Crippen molar-refractivity contribution in [2.45, 2.75) is 53.6 Å². The van der Waals surface area contributed by atoms with Crippen molar-refractivity contribution < 1.29 is 4.42 Å². The molecule has 110 valence electrons. The second-order valence-electron chi connectivity index (χ2n) is 6.38. The molecular weight excluding hydrogens is 236 g/mol. The maximum absolute atomic E-state index is 5.64. The van der Waals surface area contributed by atoms with E-state index in [0.717, 1.165) is 31.2 Å². The van der Waals surface area contributed by atoms with Gasteiger partial charge in [0.2, 0.25) is 0 Å². The van der Waals surface area contributed by atoms with Gasteiger partial charge in [-0.3, -0.25) is 4.90 Å². The minimum Gasteiger partial charge on any atom is -0.465 e. The summed E-state index contributed by atoms with van der Waals surface area (Å²) in [6, 6.07) is 4.65. The highest BCUT2D eigenvalue weighted by Crippen LogP contribution is 2.22. The van der Waals surface area contributed by atoms with Gasteiger partial charge in [0, 0.05) is 19.1 Å². The summed E-state index contributed by atoms with van der Waals surface area (Å²) in [4.78, 5) is 2.35. The quantitative estimate of drug-likeness (QED) is 0.781. The van der Waals surface area contributed by atoms with Gasteiger partial charge in [0.05, 0.1) is 6.54 Å². The molecule has 0 bridgehead atoms. The van der Waals surface area contributed by atoms with Crippen LogP contribution in [-0.4, -0.2) is 31.1 Å². The summed E-state index contributed by atoms with van der Waals surface area (Å²) >= 11 is 0. The van der Waals surface area contributed by atoms with Gasteiger partial charge in [0.25, 0.3) is 0 Å². The predicted octanol–water partition coefficient (Wildman–Crippen LogP) is 3.43. The lowest BCUT2D eigenvalue weighted by molar-refractivity contribution is 0.164. The molecule has 1 aromatic rings. The Balaban J connectivity index is 2.49. The van der Waals surface area contributed by atoms with Gasteiger partial charge in [-0.25, -0.2) is 0 Å². The first-order chi connectivity index (χ1) is 8.84. The number of nitrogens with one attached hydrogen (secondary N) is 1. The average Bonchev–Trinajstić information content (AvgIpc) is 2.72. The van der Waals surface area contributed by atoms with E-state index in [1.165, 1.54) is 6.42 Å². The van der Waals surface area contributed by atoms with Crippen LogP contribution >= 0.6 is 0 Å². The number of rotatable bonds is 8. The van der Waals surface area contributed by atoms with Crippen LogP contribution in [0.1, 0.15) is 45.6 Å². The number of nitrogens with zero attached hydrogens (tertiary/aromatic N) is 1. The molecule has 1 N–H and O–H groups in total. The molecule has 0 saturated heterocycles. The van der Waals surface area contributed by atoms with Crippen molar-refractivity contribution in [1.29, 1.82) is 0 Å². The lowest BCUT2D eigenvalue weighted by Gasteiger charge is -2.33. The molecule has 0 aliphatic heterocycles. The van der Waals surface area contributed by atoms with Gasteiger partial charge < -0.3 is 9.73 Å². The first-order valence-corrected chi connectivity index (χ1v) is 7.32. The lowest BCUT2D eigenvalue weighted by atomic mass is 9.86. The molecule has 0 aromatic carbocycles. The Kier molecular flexibility index (Phi) is 6.08. The largest absolute Gasteiger partial charge is 0.465 e. The van der Waals surface area contributed by atoms with Crippen LogP contribution in [0.5, 0.6) is 0 Å². The molecule has 0 fully saturated rings. The van der Waals surface area contributed by atoms with Crippen LogP contribution in [0.15, 0.2) is 16.5 Å². The standard InChI is InChI=1S/C16H30N2O/c1-7-16(5,11-17-13(2)3)12-18(6)10-15-9-8-14(4)19-15/h8-9,13,17H,7,10-12H2,1-6H3. The monoisotopic (exact) mass is 266 g/mol. The van der Waals surface area contributed by atoms with Crippen LogP contribution < -0.4 is 5.32 Å². The molecule has 0 aliphatic carbocycles. The first-order valence-electron chi connectivity index (χ1n) is 7.32. The summed E-state index contributed by atoms with van der Waals surface area (Å²) in [5, 5.41) is 3.56. The maximum atomic E-state index is 5.64. The Morgan fingerprint density at radius 1 is 1.37 bits per heavy atom. The predicted molar refractivity (Wildman–Crippen MR) is 81.3 cm³/mol. The van der Waals surface area contributed by atoms with Crippen molar-refractivity contribution in [3.63, 3.8) is 0 Å². The van der Waals surface area contributed by atoms with Gasteiger partial charge in [-0.15, -0.1) is 0 Å². The van der Waals surface area contributed by atoms with E-state index in [0.29, 0.717) is 11.5 Å². The minimum absolute atomic E-state index is 0.306. The molecule has 0 spiro atoms. The summed E-state index contributed by atoms with van der Waals surface area (Å²) in [7, 11) is 2.17. The summed E-state index contributed by atoms with van der Waals surface area (Å²) in [5.74, 6) is 2.04. The fourth-order valence-corrected chi connectivity index (χ4v) is 2.29. The van der Waals surface area contributed by atoms with E-state index >= 15 is 0 Å². The molecule has 0 saturated carbocycles. The molecule has 1 unspecified atom stereocenters. The van der Waals surface area contributed by atoms with E-state index in [4.69, 9.17) is 4.42 Å². The Hall–Kier alpha value is -0.800. The molecule has 19 heavy (non-hydrogen) atoms. The molecule has 1 heterocycles. The highest BCUT2D eigenvalue weighted by molar-refractivity contribution is 5.05. The number of furan rings is 1. The molecule has 0 aliphatic rings. The first kappa shape index (κ1) is 16.3. The van der Waals surface area contributed by atoms with Gasteiger partial charge in [0.1, 0.15) is 11.5 Å². The molecule has 0 radical (unpaired) electrons. The second kappa shape index (κ2) is 7.11. The zero-order valence-corrected chi connectivity index (χ0v) is 13.4. The zero-order chi connectivity index (χ0) is 14.5. The van der Waals surface area contributed by atoms with Gasteiger partial charge in [-0.05, 0) is 37.9 Å². The fraction of sp³-hybridized carbons (Fsp3) is 0.750. The minimum atomic E-state index is 0.306. The summed E-state index contributed by atoms with van der Waals surface area (Å²) in [6.07, 6.45) is 1.17. The molecule has 3 nitrogen and oxygen atoms in total. The van der Waals surface area contributed by atoms with Gasteiger partial charge in [-0.2, -0.15) is 0 Å². The van der Waals surface area contributed by atoms with Crippen LogP contribution in [0.4, 0.5) is 0 Å². The fourth-order valence-electron chi connectivity index (χ4n) is 2.29. The van der Waals surface area contributed by atoms with Gasteiger partial charge >= 0.3 is 0 Å². The third kappa shape index (κ3) is 5.79. The molecule has 1 aromatic heterocycles. The highest BCUT2D eigenvalue weighted by Gasteiger charge is 2.24. The average molecular weight is 266 g/mol. The van der Waals surface area contributed by atoms with Crippen molar-refractivity contribution in [1.82, 2.24) is 10.2 Å². The van der Waals surface area contributed by atoms with Crippen LogP contribution in [0.2, 0.25) is 0 Å². The van der Waals surface area contributed by atoms with Crippen molar-refractivity contribution in [3.05, 3.63) is 23.7 Å². The van der Waals surface area contributed by atoms with Crippen LogP contribution in [0.3, 0.4) is 0 Å². The SMILES string of the molecule is CCC(C)(CNC(C)C)CN(C)Cc1ccc(C)o1. The maximum Gasteiger partial charge on any atom is 0.118 e. The lowest BCUT2D eigenvalue weighted by Crippen LogP contribution is -2.42. The Bertz CT molecular complexity index is 373. The van der Waals surface area contributed by atoms with Gasteiger partial charge in [0.15, 0.2) is 0 Å². The summed E-state index contributed by atoms with van der Waals surface area (Å²) in [5.41, 5.74) is 0.306.